The van der Waals surface area contributed by atoms with Crippen LogP contribution in [0.25, 0.3) is 0 Å². The van der Waals surface area contributed by atoms with Gasteiger partial charge in [-0.15, -0.1) is 9.60 Å². The number of rotatable bonds is 4. The summed E-state index contributed by atoms with van der Waals surface area (Å²) in [5, 5.41) is 4.31. The molecule has 0 aliphatic carbocycles. The summed E-state index contributed by atoms with van der Waals surface area (Å²) in [6, 6.07) is 0.120. The second-order valence-electron chi connectivity index (χ2n) is 5.43. The molecule has 84 valence electrons. The zero-order chi connectivity index (χ0) is 10.6. The fraction of sp³-hybridized carbons (Fsp3) is 1.00. The van der Waals surface area contributed by atoms with Gasteiger partial charge in [0.15, 0.2) is 0 Å². The van der Waals surface area contributed by atoms with Crippen LogP contribution in [0.2, 0.25) is 0 Å². The maximum atomic E-state index is 13.0. The molecule has 1 unspecified atom stereocenters. The van der Waals surface area contributed by atoms with Crippen molar-refractivity contribution in [2.45, 2.75) is 46.1 Å². The largest absolute Gasteiger partial charge is 0.315 e. The van der Waals surface area contributed by atoms with E-state index in [-0.39, 0.29) is 6.04 Å². The number of nitrogens with zero attached hydrogens (tertiary/aromatic N) is 1. The third-order valence-electron chi connectivity index (χ3n) is 2.74. The minimum Gasteiger partial charge on any atom is -0.315 e. The molecule has 0 aromatic carbocycles. The summed E-state index contributed by atoms with van der Waals surface area (Å²) < 4.78 is 13.0. The lowest BCUT2D eigenvalue weighted by Gasteiger charge is -2.20. The molecule has 0 bridgehead atoms. The van der Waals surface area contributed by atoms with Crippen LogP contribution in [-0.4, -0.2) is 30.8 Å². The summed E-state index contributed by atoms with van der Waals surface area (Å²) in [6.07, 6.45) is 3.15. The molecule has 0 aromatic rings. The van der Waals surface area contributed by atoms with E-state index in [1.54, 1.807) is 0 Å². The monoisotopic (exact) mass is 202 g/mol. The molecule has 0 aromatic heterocycles. The van der Waals surface area contributed by atoms with Crippen molar-refractivity contribution in [1.82, 2.24) is 10.4 Å². The molecule has 1 N–H and O–H groups in total. The van der Waals surface area contributed by atoms with Crippen molar-refractivity contribution >= 4 is 0 Å². The maximum Gasteiger partial charge on any atom is 0.0527 e. The van der Waals surface area contributed by atoms with Crippen molar-refractivity contribution in [2.75, 3.05) is 19.6 Å². The van der Waals surface area contributed by atoms with Gasteiger partial charge in [0, 0.05) is 13.1 Å². The van der Waals surface area contributed by atoms with E-state index >= 15 is 0 Å². The Morgan fingerprint density at radius 2 is 2.14 bits per heavy atom. The van der Waals surface area contributed by atoms with Crippen molar-refractivity contribution in [3.63, 3.8) is 0 Å². The van der Waals surface area contributed by atoms with E-state index in [4.69, 9.17) is 0 Å². The summed E-state index contributed by atoms with van der Waals surface area (Å²) in [5.41, 5.74) is 0.373. The van der Waals surface area contributed by atoms with E-state index < -0.39 is 0 Å². The molecule has 1 aliphatic rings. The zero-order valence-corrected chi connectivity index (χ0v) is 9.65. The highest BCUT2D eigenvalue weighted by Crippen LogP contribution is 2.18. The van der Waals surface area contributed by atoms with Gasteiger partial charge in [-0.2, -0.15) is 0 Å². The van der Waals surface area contributed by atoms with E-state index in [9.17, 15) is 4.48 Å². The topological polar surface area (TPSA) is 15.3 Å². The number of nitrogens with one attached hydrogen (secondary N) is 1. The molecule has 1 heterocycles. The molecule has 0 amide bonds. The van der Waals surface area contributed by atoms with Crippen LogP contribution in [0.15, 0.2) is 0 Å². The van der Waals surface area contributed by atoms with Crippen molar-refractivity contribution in [3.8, 4) is 0 Å². The van der Waals surface area contributed by atoms with Gasteiger partial charge in [-0.1, -0.05) is 20.8 Å². The number of halogens is 1. The Kier molecular flexibility index (Phi) is 4.32. The van der Waals surface area contributed by atoms with Gasteiger partial charge in [-0.3, -0.25) is 0 Å². The van der Waals surface area contributed by atoms with Crippen molar-refractivity contribution < 1.29 is 4.48 Å². The van der Waals surface area contributed by atoms with E-state index in [1.165, 1.54) is 0 Å². The first kappa shape index (κ1) is 11.9. The van der Waals surface area contributed by atoms with Gasteiger partial charge in [0.05, 0.1) is 6.04 Å². The highest BCUT2D eigenvalue weighted by atomic mass is 19.2. The number of hydrogen-bond acceptors (Lipinski definition) is 2. The first-order valence-corrected chi connectivity index (χ1v) is 5.62. The minimum atomic E-state index is 0.120. The number of hydrogen-bond donors (Lipinski definition) is 1. The second-order valence-corrected chi connectivity index (χ2v) is 5.43. The Labute approximate surface area is 86.8 Å². The predicted molar refractivity (Wildman–Crippen MR) is 57.8 cm³/mol. The molecular formula is C11H23FN2. The molecule has 14 heavy (non-hydrogen) atoms. The predicted octanol–water partition coefficient (Wildman–Crippen LogP) is 2.36. The Bertz CT molecular complexity index is 165. The van der Waals surface area contributed by atoms with E-state index in [2.05, 4.69) is 26.1 Å². The molecule has 1 atom stereocenters. The van der Waals surface area contributed by atoms with Crippen LogP contribution < -0.4 is 5.32 Å². The fourth-order valence-corrected chi connectivity index (χ4v) is 1.73. The quantitative estimate of drug-likeness (QED) is 0.556. The maximum absolute atomic E-state index is 13.0. The molecule has 1 fully saturated rings. The van der Waals surface area contributed by atoms with Crippen molar-refractivity contribution in [3.05, 3.63) is 0 Å². The first-order valence-electron chi connectivity index (χ1n) is 5.62. The van der Waals surface area contributed by atoms with E-state index in [1.807, 2.05) is 0 Å². The van der Waals surface area contributed by atoms with Gasteiger partial charge < -0.3 is 5.32 Å². The Balaban J connectivity index is 2.04. The summed E-state index contributed by atoms with van der Waals surface area (Å²) in [5.74, 6) is 0. The van der Waals surface area contributed by atoms with Crippen LogP contribution >= 0.6 is 0 Å². The van der Waals surface area contributed by atoms with Crippen LogP contribution in [0.5, 0.6) is 0 Å². The molecule has 1 aliphatic heterocycles. The van der Waals surface area contributed by atoms with E-state index in [0.717, 1.165) is 37.5 Å². The molecule has 3 heteroatoms. The van der Waals surface area contributed by atoms with Gasteiger partial charge >= 0.3 is 0 Å². The summed E-state index contributed by atoms with van der Waals surface area (Å²) in [7, 11) is 0. The first-order chi connectivity index (χ1) is 6.49. The van der Waals surface area contributed by atoms with Crippen molar-refractivity contribution in [2.24, 2.45) is 5.41 Å². The molecule has 2 nitrogen and oxygen atoms in total. The normalized spacial score (nSPS) is 24.4. The van der Waals surface area contributed by atoms with Gasteiger partial charge in [-0.05, 0) is 31.2 Å². The Morgan fingerprint density at radius 3 is 2.64 bits per heavy atom. The minimum absolute atomic E-state index is 0.120. The van der Waals surface area contributed by atoms with Gasteiger partial charge in [-0.25, -0.2) is 0 Å². The van der Waals surface area contributed by atoms with Gasteiger partial charge in [0.1, 0.15) is 0 Å². The molecule has 0 radical (unpaired) electrons. The van der Waals surface area contributed by atoms with Crippen LogP contribution in [0, 0.1) is 5.41 Å². The summed E-state index contributed by atoms with van der Waals surface area (Å²) >= 11 is 0. The third kappa shape index (κ3) is 4.38. The lowest BCUT2D eigenvalue weighted by molar-refractivity contribution is 0.0114. The van der Waals surface area contributed by atoms with Crippen LogP contribution in [-0.2, 0) is 0 Å². The molecule has 0 spiro atoms. The fourth-order valence-electron chi connectivity index (χ4n) is 1.73. The van der Waals surface area contributed by atoms with Crippen LogP contribution in [0.1, 0.15) is 40.0 Å². The SMILES string of the molecule is CC(C)(C)CCNCC1CCCN1F. The average molecular weight is 202 g/mol. The lowest BCUT2D eigenvalue weighted by atomic mass is 9.92. The highest BCUT2D eigenvalue weighted by molar-refractivity contribution is 4.75. The highest BCUT2D eigenvalue weighted by Gasteiger charge is 2.23. The second kappa shape index (κ2) is 5.08. The standard InChI is InChI=1S/C11H23FN2/c1-11(2,3)6-7-13-9-10-5-4-8-14(10)12/h10,13H,4-9H2,1-3H3. The third-order valence-corrected chi connectivity index (χ3v) is 2.74. The van der Waals surface area contributed by atoms with Crippen LogP contribution in [0.3, 0.4) is 0 Å². The smallest absolute Gasteiger partial charge is 0.0527 e. The molecule has 1 saturated heterocycles. The van der Waals surface area contributed by atoms with Crippen LogP contribution in [0.4, 0.5) is 4.48 Å². The zero-order valence-electron chi connectivity index (χ0n) is 9.65. The summed E-state index contributed by atoms with van der Waals surface area (Å²) in [6.45, 7) is 9.09. The average Bonchev–Trinajstić information content (AvgIpc) is 2.44. The molecule has 0 saturated carbocycles. The van der Waals surface area contributed by atoms with E-state index in [0.29, 0.717) is 12.0 Å². The summed E-state index contributed by atoms with van der Waals surface area (Å²) in [4.78, 5) is 0. The Hall–Kier alpha value is -0.150. The van der Waals surface area contributed by atoms with Crippen molar-refractivity contribution in [1.29, 1.82) is 0 Å². The molecular weight excluding hydrogens is 179 g/mol. The Morgan fingerprint density at radius 1 is 1.43 bits per heavy atom. The lowest BCUT2D eigenvalue weighted by Crippen LogP contribution is -2.34. The molecule has 1 rings (SSSR count). The van der Waals surface area contributed by atoms with Gasteiger partial charge in [0.25, 0.3) is 0 Å². The van der Waals surface area contributed by atoms with Gasteiger partial charge in [0.2, 0.25) is 0 Å².